The van der Waals surface area contributed by atoms with E-state index in [-0.39, 0.29) is 54.6 Å². The van der Waals surface area contributed by atoms with Crippen LogP contribution >= 0.6 is 23.5 Å². The first-order chi connectivity index (χ1) is 27.5. The number of unbranched alkanes of at least 4 members (excludes halogenated alkanes) is 2. The van der Waals surface area contributed by atoms with Gasteiger partial charge in [-0.3, -0.25) is 4.79 Å². The van der Waals surface area contributed by atoms with Crippen molar-refractivity contribution in [1.82, 2.24) is 0 Å². The highest BCUT2D eigenvalue weighted by molar-refractivity contribution is 8.00. The van der Waals surface area contributed by atoms with E-state index in [1.807, 2.05) is 69.3 Å². The molecule has 57 heavy (non-hydrogen) atoms. The van der Waals surface area contributed by atoms with Gasteiger partial charge in [0, 0.05) is 53.5 Å². The van der Waals surface area contributed by atoms with Gasteiger partial charge in [-0.1, -0.05) is 30.1 Å². The predicted octanol–water partition coefficient (Wildman–Crippen LogP) is 10.4. The van der Waals surface area contributed by atoms with Gasteiger partial charge in [-0.2, -0.15) is 0 Å². The van der Waals surface area contributed by atoms with Gasteiger partial charge in [0.2, 0.25) is 11.7 Å². The fourth-order valence-electron chi connectivity index (χ4n) is 8.44. The van der Waals surface area contributed by atoms with Crippen LogP contribution in [0.5, 0.6) is 17.2 Å². The second kappa shape index (κ2) is 19.3. The lowest BCUT2D eigenvalue weighted by molar-refractivity contribution is -0.223. The number of aliphatic hydroxyl groups is 2. The zero-order valence-corrected chi connectivity index (χ0v) is 35.5. The number of ether oxygens (including phenoxy) is 3. The highest BCUT2D eigenvalue weighted by Gasteiger charge is 2.64. The van der Waals surface area contributed by atoms with Gasteiger partial charge in [0.25, 0.3) is 0 Å². The largest absolute Gasteiger partial charge is 0.460 e. The summed E-state index contributed by atoms with van der Waals surface area (Å²) < 4.78 is 20.9. The van der Waals surface area contributed by atoms with Crippen molar-refractivity contribution in [2.24, 2.45) is 22.9 Å². The molecule has 1 aliphatic heterocycles. The Hall–Kier alpha value is -3.74. The second-order valence-electron chi connectivity index (χ2n) is 16.1. The number of hydrogen-bond donors (Lipinski definition) is 3. The average molecular weight is 815 g/mol. The molecule has 0 bridgehead atoms. The number of hydrogen-bond acceptors (Lipinski definition) is 10. The zero-order chi connectivity index (χ0) is 40.6. The molecule has 6 unspecified atom stereocenters. The number of aliphatic hydroxyl groups excluding tert-OH is 2. The molecular formula is C46H58N2O7S2. The van der Waals surface area contributed by atoms with Gasteiger partial charge in [-0.15, -0.1) is 30.1 Å². The number of nitrogens with one attached hydrogen (secondary N) is 1. The molecule has 1 fully saturated rings. The minimum atomic E-state index is -1.12. The molecule has 6 rings (SSSR count). The van der Waals surface area contributed by atoms with Crippen LogP contribution in [0.2, 0.25) is 0 Å². The molecule has 0 spiro atoms. The van der Waals surface area contributed by atoms with Crippen LogP contribution in [-0.4, -0.2) is 64.5 Å². The number of oxime groups is 1. The van der Waals surface area contributed by atoms with Gasteiger partial charge in [0.05, 0.1) is 23.5 Å². The van der Waals surface area contributed by atoms with Crippen LogP contribution in [0.25, 0.3) is 0 Å². The molecule has 2 aliphatic carbocycles. The Bertz CT molecular complexity index is 1890. The first-order valence-electron chi connectivity index (χ1n) is 20.1. The number of fused-ring (bicyclic) bond motifs is 2. The molecule has 306 valence electrons. The Morgan fingerprint density at radius 1 is 0.982 bits per heavy atom. The van der Waals surface area contributed by atoms with Crippen molar-refractivity contribution in [1.29, 1.82) is 0 Å². The highest BCUT2D eigenvalue weighted by atomic mass is 32.2. The summed E-state index contributed by atoms with van der Waals surface area (Å²) in [7, 11) is 0. The summed E-state index contributed by atoms with van der Waals surface area (Å²) in [5.74, 6) is 0.982. The lowest BCUT2D eigenvalue weighted by Gasteiger charge is -2.58. The van der Waals surface area contributed by atoms with E-state index in [0.29, 0.717) is 12.8 Å². The van der Waals surface area contributed by atoms with Gasteiger partial charge < -0.3 is 34.6 Å². The van der Waals surface area contributed by atoms with Gasteiger partial charge in [-0.25, -0.2) is 0 Å². The Labute approximate surface area is 346 Å². The molecule has 3 aromatic carbocycles. The van der Waals surface area contributed by atoms with Crippen LogP contribution in [-0.2, 0) is 14.4 Å². The molecule has 0 aromatic heterocycles. The van der Waals surface area contributed by atoms with Gasteiger partial charge in [-0.05, 0) is 137 Å². The number of benzene rings is 3. The van der Waals surface area contributed by atoms with E-state index in [9.17, 15) is 15.0 Å². The van der Waals surface area contributed by atoms with E-state index in [0.717, 1.165) is 81.7 Å². The molecule has 1 heterocycles. The fourth-order valence-corrected chi connectivity index (χ4v) is 10.1. The standard InChI is InChI=1S/C46H58N2O7S2/c1-7-26-52-46-42(57-36-19-14-32(15-20-36)47-30(2)51)29-40(48-55-45(3,4)5)38-27-31(12-8-10-24-49)37(13-9-11-25-50)43(44(38)46)39-28-34(18-23-41(39)54-46)53-33-16-21-35(56-6)22-17-33/h7,14-23,27-28,31,37,42-44,49-50H,1,8-13,24-26,29H2,2-6H3,(H,47,51). The molecule has 6 atom stereocenters. The van der Waals surface area contributed by atoms with Crippen molar-refractivity contribution < 1.29 is 34.1 Å². The van der Waals surface area contributed by atoms with Crippen LogP contribution in [0, 0.1) is 17.8 Å². The van der Waals surface area contributed by atoms with Crippen LogP contribution in [0.15, 0.2) is 106 Å². The van der Waals surface area contributed by atoms with Crippen LogP contribution in [0.1, 0.15) is 84.1 Å². The molecule has 1 saturated carbocycles. The Morgan fingerprint density at radius 2 is 1.67 bits per heavy atom. The molecule has 0 saturated heterocycles. The fraction of sp³-hybridized carbons (Fsp3) is 0.478. The monoisotopic (exact) mass is 814 g/mol. The number of allylic oxidation sites excluding steroid dienone is 1. The predicted molar refractivity (Wildman–Crippen MR) is 231 cm³/mol. The lowest BCUT2D eigenvalue weighted by atomic mass is 9.56. The molecule has 3 aliphatic rings. The normalized spacial score (nSPS) is 24.4. The van der Waals surface area contributed by atoms with Crippen molar-refractivity contribution >= 4 is 40.8 Å². The summed E-state index contributed by atoms with van der Waals surface area (Å²) in [4.78, 5) is 20.2. The molecule has 0 radical (unpaired) electrons. The maximum Gasteiger partial charge on any atom is 0.231 e. The SMILES string of the molecule is C=CCOC12Oc3ccc(Oc4ccc(SC)cc4)cc3C3C(CCCCO)C(CCCCO)C=C(C(=NOC(C)(C)C)CC1Sc1ccc(NC(C)=O)cc1)C32. The van der Waals surface area contributed by atoms with E-state index < -0.39 is 11.4 Å². The summed E-state index contributed by atoms with van der Waals surface area (Å²) in [6, 6.07) is 22.1. The second-order valence-corrected chi connectivity index (χ2v) is 18.2. The number of amides is 1. The van der Waals surface area contributed by atoms with E-state index in [1.165, 1.54) is 6.92 Å². The third-order valence-electron chi connectivity index (χ3n) is 10.8. The third kappa shape index (κ3) is 10.3. The van der Waals surface area contributed by atoms with Crippen molar-refractivity contribution in [3.63, 3.8) is 0 Å². The molecule has 9 nitrogen and oxygen atoms in total. The quantitative estimate of drug-likeness (QED) is 0.0499. The smallest absolute Gasteiger partial charge is 0.231 e. The van der Waals surface area contributed by atoms with Crippen LogP contribution in [0.3, 0.4) is 0 Å². The van der Waals surface area contributed by atoms with E-state index in [4.69, 9.17) is 24.2 Å². The summed E-state index contributed by atoms with van der Waals surface area (Å²) in [6.45, 7) is 12.1. The van der Waals surface area contributed by atoms with E-state index in [1.54, 1.807) is 29.6 Å². The number of nitrogens with zero attached hydrogens (tertiary/aromatic N) is 1. The Balaban J connectivity index is 1.54. The number of carbonyl (C=O) groups excluding carboxylic acids is 1. The number of thioether (sulfide) groups is 2. The van der Waals surface area contributed by atoms with Crippen molar-refractivity contribution in [2.75, 3.05) is 31.4 Å². The van der Waals surface area contributed by atoms with Crippen molar-refractivity contribution in [3.05, 3.63) is 96.6 Å². The van der Waals surface area contributed by atoms with Crippen LogP contribution in [0.4, 0.5) is 5.69 Å². The molecule has 3 N–H and O–H groups in total. The maximum atomic E-state index is 11.8. The van der Waals surface area contributed by atoms with Gasteiger partial charge >= 0.3 is 0 Å². The van der Waals surface area contributed by atoms with E-state index in [2.05, 4.69) is 42.4 Å². The first-order valence-corrected chi connectivity index (χ1v) is 22.2. The zero-order valence-electron chi connectivity index (χ0n) is 33.9. The minimum Gasteiger partial charge on any atom is -0.460 e. The molecule has 11 heteroatoms. The number of anilines is 1. The first kappa shape index (κ1) is 42.9. The molecule has 3 aromatic rings. The summed E-state index contributed by atoms with van der Waals surface area (Å²) in [6.07, 6.45) is 11.7. The highest BCUT2D eigenvalue weighted by Crippen LogP contribution is 2.63. The van der Waals surface area contributed by atoms with Crippen molar-refractivity contribution in [3.8, 4) is 17.2 Å². The van der Waals surface area contributed by atoms with Crippen molar-refractivity contribution in [2.45, 2.75) is 105 Å². The van der Waals surface area contributed by atoms with Gasteiger partial charge in [0.15, 0.2) is 0 Å². The summed E-state index contributed by atoms with van der Waals surface area (Å²) >= 11 is 3.37. The average Bonchev–Trinajstić information content (AvgIpc) is 3.19. The van der Waals surface area contributed by atoms with Gasteiger partial charge in [0.1, 0.15) is 22.8 Å². The maximum absolute atomic E-state index is 11.8. The number of carbonyl (C=O) groups is 1. The molecule has 1 amide bonds. The minimum absolute atomic E-state index is 0.0656. The summed E-state index contributed by atoms with van der Waals surface area (Å²) in [5.41, 5.74) is 3.22. The topological polar surface area (TPSA) is 119 Å². The lowest BCUT2D eigenvalue weighted by Crippen LogP contribution is -2.64. The molecular weight excluding hydrogens is 757 g/mol. The van der Waals surface area contributed by atoms with E-state index >= 15 is 0 Å². The number of rotatable bonds is 18. The Kier molecular flexibility index (Phi) is 14.5. The van der Waals surface area contributed by atoms with Crippen LogP contribution < -0.4 is 14.8 Å². The Morgan fingerprint density at radius 3 is 2.32 bits per heavy atom. The third-order valence-corrected chi connectivity index (χ3v) is 12.9. The summed E-state index contributed by atoms with van der Waals surface area (Å²) in [5, 5.41) is 27.3.